The van der Waals surface area contributed by atoms with Crippen molar-refractivity contribution in [3.63, 3.8) is 0 Å². The van der Waals surface area contributed by atoms with E-state index in [1.165, 1.54) is 17.3 Å². The van der Waals surface area contributed by atoms with Crippen LogP contribution in [0.25, 0.3) is 5.76 Å². The maximum absolute atomic E-state index is 12.9. The van der Waals surface area contributed by atoms with Gasteiger partial charge in [-0.2, -0.15) is 0 Å². The number of anilines is 1. The summed E-state index contributed by atoms with van der Waals surface area (Å²) in [7, 11) is 0. The summed E-state index contributed by atoms with van der Waals surface area (Å²) in [5, 5.41) is 10.9. The number of aromatic nitrogens is 2. The first-order chi connectivity index (χ1) is 13.6. The zero-order valence-electron chi connectivity index (χ0n) is 15.1. The van der Waals surface area contributed by atoms with Gasteiger partial charge in [-0.3, -0.25) is 14.5 Å². The molecule has 1 amide bonds. The number of hydrogen-bond donors (Lipinski definition) is 1. The van der Waals surface area contributed by atoms with E-state index in [2.05, 4.69) is 9.97 Å². The van der Waals surface area contributed by atoms with Crippen LogP contribution in [-0.4, -0.2) is 26.8 Å². The average molecular weight is 371 g/mol. The number of carbonyl (C=O) groups is 2. The van der Waals surface area contributed by atoms with Crippen molar-refractivity contribution >= 4 is 23.4 Å². The molecule has 1 aliphatic rings. The molecule has 2 heterocycles. The first-order valence-electron chi connectivity index (χ1n) is 8.78. The molecular weight excluding hydrogens is 354 g/mol. The molecule has 2 aromatic carbocycles. The summed E-state index contributed by atoms with van der Waals surface area (Å²) in [5.74, 6) is -1.64. The van der Waals surface area contributed by atoms with Gasteiger partial charge in [-0.25, -0.2) is 9.97 Å². The normalized spacial score (nSPS) is 18.5. The SMILES string of the molecule is Cc1ccc(C2/C(=C(\O)c3ccccc3)C(=O)C(=O)N2c2ncccn2)cc1. The smallest absolute Gasteiger partial charge is 0.302 e. The van der Waals surface area contributed by atoms with Crippen LogP contribution in [0.5, 0.6) is 0 Å². The van der Waals surface area contributed by atoms with E-state index in [1.807, 2.05) is 37.3 Å². The van der Waals surface area contributed by atoms with Gasteiger partial charge < -0.3 is 5.11 Å². The highest BCUT2D eigenvalue weighted by Crippen LogP contribution is 2.40. The van der Waals surface area contributed by atoms with Crippen molar-refractivity contribution in [2.24, 2.45) is 0 Å². The minimum Gasteiger partial charge on any atom is -0.507 e. The van der Waals surface area contributed by atoms with Crippen molar-refractivity contribution in [2.75, 3.05) is 4.90 Å². The van der Waals surface area contributed by atoms with Crippen LogP contribution in [0.4, 0.5) is 5.95 Å². The molecule has 6 heteroatoms. The Kier molecular flexibility index (Phi) is 4.45. The monoisotopic (exact) mass is 371 g/mol. The molecule has 0 spiro atoms. The fourth-order valence-electron chi connectivity index (χ4n) is 3.27. The molecule has 1 atom stereocenters. The number of ketones is 1. The van der Waals surface area contributed by atoms with Gasteiger partial charge in [0.05, 0.1) is 11.6 Å². The molecule has 0 saturated carbocycles. The molecule has 28 heavy (non-hydrogen) atoms. The van der Waals surface area contributed by atoms with Crippen LogP contribution in [-0.2, 0) is 9.59 Å². The molecule has 1 unspecified atom stereocenters. The summed E-state index contributed by atoms with van der Waals surface area (Å²) in [6.07, 6.45) is 3.01. The quantitative estimate of drug-likeness (QED) is 0.433. The predicted octanol–water partition coefficient (Wildman–Crippen LogP) is 3.41. The van der Waals surface area contributed by atoms with Gasteiger partial charge in [0.2, 0.25) is 5.95 Å². The molecule has 0 aliphatic carbocycles. The largest absolute Gasteiger partial charge is 0.507 e. The van der Waals surface area contributed by atoms with Crippen molar-refractivity contribution in [3.05, 3.63) is 95.3 Å². The van der Waals surface area contributed by atoms with Crippen LogP contribution in [0.1, 0.15) is 22.7 Å². The first kappa shape index (κ1) is 17.6. The number of carbonyl (C=O) groups excluding carboxylic acids is 2. The zero-order chi connectivity index (χ0) is 19.7. The van der Waals surface area contributed by atoms with Gasteiger partial charge in [-0.15, -0.1) is 0 Å². The minimum atomic E-state index is -0.816. The summed E-state index contributed by atoms with van der Waals surface area (Å²) in [6.45, 7) is 1.95. The molecule has 3 aromatic rings. The number of aliphatic hydroxyl groups is 1. The van der Waals surface area contributed by atoms with Gasteiger partial charge in [-0.05, 0) is 18.6 Å². The lowest BCUT2D eigenvalue weighted by atomic mass is 9.95. The van der Waals surface area contributed by atoms with Crippen molar-refractivity contribution in [1.82, 2.24) is 9.97 Å². The highest BCUT2D eigenvalue weighted by atomic mass is 16.3. The van der Waals surface area contributed by atoms with E-state index in [1.54, 1.807) is 30.3 Å². The van der Waals surface area contributed by atoms with Crippen molar-refractivity contribution in [3.8, 4) is 0 Å². The van der Waals surface area contributed by atoms with E-state index in [4.69, 9.17) is 0 Å². The number of benzene rings is 2. The number of Topliss-reactive ketones (excluding diaryl/α,β-unsaturated/α-hetero) is 1. The lowest BCUT2D eigenvalue weighted by molar-refractivity contribution is -0.132. The van der Waals surface area contributed by atoms with Gasteiger partial charge in [0.15, 0.2) is 0 Å². The first-order valence-corrected chi connectivity index (χ1v) is 8.78. The fourth-order valence-corrected chi connectivity index (χ4v) is 3.27. The third-order valence-corrected chi connectivity index (χ3v) is 4.65. The number of rotatable bonds is 3. The third-order valence-electron chi connectivity index (χ3n) is 4.65. The Balaban J connectivity index is 1.95. The number of nitrogens with zero attached hydrogens (tertiary/aromatic N) is 3. The van der Waals surface area contributed by atoms with Crippen LogP contribution in [0, 0.1) is 6.92 Å². The van der Waals surface area contributed by atoms with E-state index in [9.17, 15) is 14.7 Å². The van der Waals surface area contributed by atoms with Gasteiger partial charge in [0.1, 0.15) is 5.76 Å². The van der Waals surface area contributed by atoms with E-state index in [0.717, 1.165) is 5.56 Å². The average Bonchev–Trinajstić information content (AvgIpc) is 3.00. The molecule has 0 bridgehead atoms. The van der Waals surface area contributed by atoms with Crippen LogP contribution < -0.4 is 4.90 Å². The highest BCUT2D eigenvalue weighted by molar-refractivity contribution is 6.51. The topological polar surface area (TPSA) is 83.4 Å². The van der Waals surface area contributed by atoms with Crippen LogP contribution in [0.3, 0.4) is 0 Å². The predicted molar refractivity (Wildman–Crippen MR) is 104 cm³/mol. The molecule has 138 valence electrons. The zero-order valence-corrected chi connectivity index (χ0v) is 15.1. The van der Waals surface area contributed by atoms with Crippen molar-refractivity contribution in [1.29, 1.82) is 0 Å². The fraction of sp³-hybridized carbons (Fsp3) is 0.0909. The standard InChI is InChI=1S/C22H17N3O3/c1-14-8-10-15(11-9-14)18-17(19(26)16-6-3-2-4-7-16)20(27)21(28)25(18)22-23-12-5-13-24-22/h2-13,18,26H,1H3/b19-17+. The number of aliphatic hydroxyl groups excluding tert-OH is 1. The molecule has 1 aromatic heterocycles. The highest BCUT2D eigenvalue weighted by Gasteiger charge is 2.48. The second-order valence-electron chi connectivity index (χ2n) is 6.49. The minimum absolute atomic E-state index is 0.0208. The third kappa shape index (κ3) is 2.95. The van der Waals surface area contributed by atoms with Crippen LogP contribution >= 0.6 is 0 Å². The van der Waals surface area contributed by atoms with E-state index < -0.39 is 17.7 Å². The summed E-state index contributed by atoms with van der Waals surface area (Å²) in [4.78, 5) is 35.3. The Hall–Kier alpha value is -3.80. The second-order valence-corrected chi connectivity index (χ2v) is 6.49. The summed E-state index contributed by atoms with van der Waals surface area (Å²) < 4.78 is 0. The summed E-state index contributed by atoms with van der Waals surface area (Å²) >= 11 is 0. The van der Waals surface area contributed by atoms with Gasteiger partial charge in [-0.1, -0.05) is 60.2 Å². The lowest BCUT2D eigenvalue weighted by Crippen LogP contribution is -2.31. The van der Waals surface area contributed by atoms with E-state index in [0.29, 0.717) is 11.1 Å². The molecule has 1 fully saturated rings. The molecule has 1 aliphatic heterocycles. The summed E-state index contributed by atoms with van der Waals surface area (Å²) in [5.41, 5.74) is 2.22. The Morgan fingerprint density at radius 2 is 1.57 bits per heavy atom. The van der Waals surface area contributed by atoms with Crippen molar-refractivity contribution in [2.45, 2.75) is 13.0 Å². The number of amides is 1. The van der Waals surface area contributed by atoms with Crippen molar-refractivity contribution < 1.29 is 14.7 Å². The van der Waals surface area contributed by atoms with E-state index >= 15 is 0 Å². The number of hydrogen-bond acceptors (Lipinski definition) is 5. The molecule has 1 N–H and O–H groups in total. The Bertz CT molecular complexity index is 1060. The molecular formula is C22H17N3O3. The second kappa shape index (κ2) is 7.08. The molecule has 6 nitrogen and oxygen atoms in total. The van der Waals surface area contributed by atoms with Crippen LogP contribution in [0.15, 0.2) is 78.6 Å². The van der Waals surface area contributed by atoms with Gasteiger partial charge in [0.25, 0.3) is 5.78 Å². The lowest BCUT2D eigenvalue weighted by Gasteiger charge is -2.23. The van der Waals surface area contributed by atoms with Gasteiger partial charge in [0, 0.05) is 18.0 Å². The molecule has 1 saturated heterocycles. The Morgan fingerprint density at radius 3 is 2.21 bits per heavy atom. The molecule has 0 radical (unpaired) electrons. The Labute approximate surface area is 161 Å². The maximum atomic E-state index is 12.9. The van der Waals surface area contributed by atoms with Gasteiger partial charge >= 0.3 is 5.91 Å². The molecule has 4 rings (SSSR count). The number of aryl methyl sites for hydroxylation is 1. The summed E-state index contributed by atoms with van der Waals surface area (Å²) in [6, 6.07) is 17.0. The van der Waals surface area contributed by atoms with Crippen LogP contribution in [0.2, 0.25) is 0 Å². The Morgan fingerprint density at radius 1 is 0.929 bits per heavy atom. The maximum Gasteiger partial charge on any atom is 0.302 e. The van der Waals surface area contributed by atoms with E-state index in [-0.39, 0.29) is 17.3 Å².